The van der Waals surface area contributed by atoms with Crippen molar-refractivity contribution in [2.45, 2.75) is 13.8 Å². The minimum absolute atomic E-state index is 0.0382. The summed E-state index contributed by atoms with van der Waals surface area (Å²) in [5, 5.41) is 3.91. The molecular formula is C14H19N5O. The van der Waals surface area contributed by atoms with Crippen LogP contribution in [0.2, 0.25) is 0 Å². The van der Waals surface area contributed by atoms with Gasteiger partial charge >= 0.3 is 0 Å². The van der Waals surface area contributed by atoms with E-state index in [1.165, 1.54) is 0 Å². The van der Waals surface area contributed by atoms with Crippen LogP contribution in [0.1, 0.15) is 13.8 Å². The number of benzene rings is 1. The summed E-state index contributed by atoms with van der Waals surface area (Å²) in [6, 6.07) is 7.56. The molecule has 0 atom stereocenters. The van der Waals surface area contributed by atoms with Gasteiger partial charge in [0.15, 0.2) is 0 Å². The van der Waals surface area contributed by atoms with E-state index in [1.807, 2.05) is 38.1 Å². The van der Waals surface area contributed by atoms with Crippen LogP contribution in [-0.2, 0) is 4.79 Å². The van der Waals surface area contributed by atoms with Crippen molar-refractivity contribution in [3.8, 4) is 0 Å². The summed E-state index contributed by atoms with van der Waals surface area (Å²) in [6.07, 6.45) is 0. The van der Waals surface area contributed by atoms with Gasteiger partial charge in [0.1, 0.15) is 5.82 Å². The number of nitrogens with one attached hydrogen (secondary N) is 1. The fourth-order valence-corrected chi connectivity index (χ4v) is 2.08. The summed E-state index contributed by atoms with van der Waals surface area (Å²) in [6.45, 7) is 5.51. The number of aromatic nitrogens is 2. The van der Waals surface area contributed by atoms with E-state index in [2.05, 4.69) is 15.3 Å². The van der Waals surface area contributed by atoms with E-state index in [0.717, 1.165) is 10.9 Å². The number of hydrogen-bond donors (Lipinski definition) is 2. The van der Waals surface area contributed by atoms with Crippen molar-refractivity contribution in [3.05, 3.63) is 24.3 Å². The van der Waals surface area contributed by atoms with Crippen molar-refractivity contribution in [3.63, 3.8) is 0 Å². The van der Waals surface area contributed by atoms with Crippen LogP contribution >= 0.6 is 0 Å². The largest absolute Gasteiger partial charge is 0.368 e. The highest BCUT2D eigenvalue weighted by molar-refractivity contribution is 5.91. The quantitative estimate of drug-likeness (QED) is 0.862. The van der Waals surface area contributed by atoms with E-state index in [9.17, 15) is 4.79 Å². The highest BCUT2D eigenvalue weighted by Gasteiger charge is 2.11. The number of nitrogens with two attached hydrogens (primary N) is 1. The number of amides is 1. The van der Waals surface area contributed by atoms with Crippen LogP contribution in [0.3, 0.4) is 0 Å². The summed E-state index contributed by atoms with van der Waals surface area (Å²) in [5.74, 6) is 0.825. The molecule has 2 rings (SSSR count). The van der Waals surface area contributed by atoms with E-state index in [1.54, 1.807) is 4.90 Å². The van der Waals surface area contributed by atoms with Crippen LogP contribution in [-0.4, -0.2) is 40.4 Å². The molecule has 0 aliphatic rings. The molecule has 106 valence electrons. The number of para-hydroxylation sites is 1. The van der Waals surface area contributed by atoms with Crippen molar-refractivity contribution in [2.75, 3.05) is 30.7 Å². The molecule has 1 aromatic heterocycles. The van der Waals surface area contributed by atoms with Gasteiger partial charge in [0, 0.05) is 18.5 Å². The number of fused-ring (bicyclic) bond motifs is 1. The maximum absolute atomic E-state index is 12.0. The van der Waals surface area contributed by atoms with Crippen molar-refractivity contribution in [1.82, 2.24) is 14.9 Å². The molecule has 0 bridgehead atoms. The molecule has 6 heteroatoms. The first kappa shape index (κ1) is 14.0. The third-order valence-electron chi connectivity index (χ3n) is 3.14. The topological polar surface area (TPSA) is 84.1 Å². The normalized spacial score (nSPS) is 10.5. The zero-order chi connectivity index (χ0) is 14.5. The molecule has 1 heterocycles. The molecule has 0 spiro atoms. The number of likely N-dealkylation sites (N-methyl/N-ethyl adjacent to an activating group) is 1. The van der Waals surface area contributed by atoms with Gasteiger partial charge in [-0.3, -0.25) is 4.79 Å². The maximum Gasteiger partial charge on any atom is 0.241 e. The fourth-order valence-electron chi connectivity index (χ4n) is 2.08. The van der Waals surface area contributed by atoms with Gasteiger partial charge in [-0.15, -0.1) is 0 Å². The van der Waals surface area contributed by atoms with Gasteiger partial charge < -0.3 is 16.0 Å². The first-order chi connectivity index (χ1) is 9.65. The molecule has 0 fully saturated rings. The van der Waals surface area contributed by atoms with Gasteiger partial charge in [0.05, 0.1) is 12.1 Å². The summed E-state index contributed by atoms with van der Waals surface area (Å²) in [4.78, 5) is 22.1. The van der Waals surface area contributed by atoms with Crippen LogP contribution in [0.15, 0.2) is 24.3 Å². The Hall–Kier alpha value is -2.37. The second-order valence-corrected chi connectivity index (χ2v) is 4.37. The number of hydrogen-bond acceptors (Lipinski definition) is 5. The molecule has 2 aromatic rings. The van der Waals surface area contributed by atoms with Gasteiger partial charge in [-0.2, -0.15) is 4.98 Å². The second kappa shape index (κ2) is 6.18. The highest BCUT2D eigenvalue weighted by Crippen LogP contribution is 2.20. The monoisotopic (exact) mass is 273 g/mol. The molecule has 0 radical (unpaired) electrons. The summed E-state index contributed by atoms with van der Waals surface area (Å²) in [5.41, 5.74) is 6.45. The Bertz CT molecular complexity index is 610. The summed E-state index contributed by atoms with van der Waals surface area (Å²) < 4.78 is 0. The Morgan fingerprint density at radius 3 is 2.65 bits per heavy atom. The Morgan fingerprint density at radius 1 is 1.25 bits per heavy atom. The molecule has 3 N–H and O–H groups in total. The predicted molar refractivity (Wildman–Crippen MR) is 80.4 cm³/mol. The molecular weight excluding hydrogens is 254 g/mol. The molecule has 0 saturated carbocycles. The lowest BCUT2D eigenvalue weighted by Crippen LogP contribution is -2.35. The minimum atomic E-state index is 0.0382. The zero-order valence-electron chi connectivity index (χ0n) is 11.8. The van der Waals surface area contributed by atoms with E-state index >= 15 is 0 Å². The standard InChI is InChI=1S/C14H19N5O/c1-3-19(4-2)12(20)9-16-13-10-7-5-6-8-11(10)17-14(15)18-13/h5-8H,3-4,9H2,1-2H3,(H3,15,16,17,18). The van der Waals surface area contributed by atoms with E-state index in [4.69, 9.17) is 5.73 Å². The minimum Gasteiger partial charge on any atom is -0.368 e. The van der Waals surface area contributed by atoms with Crippen molar-refractivity contribution < 1.29 is 4.79 Å². The Morgan fingerprint density at radius 2 is 1.95 bits per heavy atom. The van der Waals surface area contributed by atoms with E-state index in [-0.39, 0.29) is 18.4 Å². The average Bonchev–Trinajstić information content (AvgIpc) is 2.45. The smallest absolute Gasteiger partial charge is 0.241 e. The lowest BCUT2D eigenvalue weighted by Gasteiger charge is -2.19. The number of rotatable bonds is 5. The second-order valence-electron chi connectivity index (χ2n) is 4.37. The molecule has 0 aliphatic heterocycles. The number of carbonyl (C=O) groups excluding carboxylic acids is 1. The van der Waals surface area contributed by atoms with Crippen LogP contribution in [0.5, 0.6) is 0 Å². The van der Waals surface area contributed by atoms with Crippen molar-refractivity contribution >= 4 is 28.6 Å². The van der Waals surface area contributed by atoms with Crippen molar-refractivity contribution in [2.24, 2.45) is 0 Å². The molecule has 0 unspecified atom stereocenters. The maximum atomic E-state index is 12.0. The predicted octanol–water partition coefficient (Wildman–Crippen LogP) is 1.49. The first-order valence-corrected chi connectivity index (χ1v) is 6.69. The van der Waals surface area contributed by atoms with Crippen molar-refractivity contribution in [1.29, 1.82) is 0 Å². The van der Waals surface area contributed by atoms with E-state index < -0.39 is 0 Å². The van der Waals surface area contributed by atoms with Crippen LogP contribution < -0.4 is 11.1 Å². The zero-order valence-corrected chi connectivity index (χ0v) is 11.8. The molecule has 1 amide bonds. The number of carbonyl (C=O) groups is 1. The molecule has 1 aromatic carbocycles. The van der Waals surface area contributed by atoms with Gasteiger partial charge in [-0.25, -0.2) is 4.98 Å². The molecule has 20 heavy (non-hydrogen) atoms. The summed E-state index contributed by atoms with van der Waals surface area (Å²) >= 11 is 0. The Balaban J connectivity index is 2.19. The van der Waals surface area contributed by atoms with Crippen LogP contribution in [0, 0.1) is 0 Å². The molecule has 0 saturated heterocycles. The Labute approximate surface area is 118 Å². The average molecular weight is 273 g/mol. The molecule has 0 aliphatic carbocycles. The summed E-state index contributed by atoms with van der Waals surface area (Å²) in [7, 11) is 0. The molecule has 6 nitrogen and oxygen atoms in total. The highest BCUT2D eigenvalue weighted by atomic mass is 16.2. The van der Waals surface area contributed by atoms with Crippen LogP contribution in [0.4, 0.5) is 11.8 Å². The number of anilines is 2. The van der Waals surface area contributed by atoms with Gasteiger partial charge in [-0.1, -0.05) is 12.1 Å². The SMILES string of the molecule is CCN(CC)C(=O)CNc1nc(N)nc2ccccc12. The number of nitrogens with zero attached hydrogens (tertiary/aromatic N) is 3. The Kier molecular flexibility index (Phi) is 4.34. The lowest BCUT2D eigenvalue weighted by molar-refractivity contribution is -0.128. The van der Waals surface area contributed by atoms with Gasteiger partial charge in [0.2, 0.25) is 11.9 Å². The first-order valence-electron chi connectivity index (χ1n) is 6.69. The third-order valence-corrected chi connectivity index (χ3v) is 3.14. The fraction of sp³-hybridized carbons (Fsp3) is 0.357. The third kappa shape index (κ3) is 2.96. The number of nitrogen functional groups attached to an aromatic ring is 1. The lowest BCUT2D eigenvalue weighted by atomic mass is 10.2. The van der Waals surface area contributed by atoms with E-state index in [0.29, 0.717) is 18.9 Å². The van der Waals surface area contributed by atoms with Gasteiger partial charge in [0.25, 0.3) is 0 Å². The van der Waals surface area contributed by atoms with Gasteiger partial charge in [-0.05, 0) is 26.0 Å². The van der Waals surface area contributed by atoms with Crippen LogP contribution in [0.25, 0.3) is 10.9 Å².